The lowest BCUT2D eigenvalue weighted by Crippen LogP contribution is -2.48. The van der Waals surface area contributed by atoms with E-state index in [9.17, 15) is 9.59 Å². The molecule has 0 radical (unpaired) electrons. The fourth-order valence-electron chi connectivity index (χ4n) is 2.47. The molecular weight excluding hydrogens is 436 g/mol. The van der Waals surface area contributed by atoms with Gasteiger partial charge in [0.25, 0.3) is 11.8 Å². The molecule has 1 unspecified atom stereocenters. The highest BCUT2D eigenvalue weighted by atomic mass is 79.9. The van der Waals surface area contributed by atoms with Gasteiger partial charge in [-0.3, -0.25) is 20.4 Å². The number of carbonyl (C=O) groups is 2. The number of aryl methyl sites for hydroxylation is 1. The molecule has 0 fully saturated rings. The Kier molecular flexibility index (Phi) is 8.51. The predicted octanol–water partition coefficient (Wildman–Crippen LogP) is 4.13. The van der Waals surface area contributed by atoms with E-state index in [0.717, 1.165) is 10.9 Å². The second-order valence-electron chi connectivity index (χ2n) is 6.93. The molecule has 0 aliphatic heterocycles. The standard InChI is InChI=1S/C22H27BrN2O4/c1-5-16-6-9-18(10-7-16)29-15(4)22(27)25-24-21(26)13-28-20-11-8-17(14(2)3)12-19(20)23/h6-12,14-15H,5,13H2,1-4H3,(H,24,26)(H,25,27). The van der Waals surface area contributed by atoms with E-state index in [1.807, 2.05) is 42.5 Å². The molecule has 0 spiro atoms. The van der Waals surface area contributed by atoms with Crippen LogP contribution >= 0.6 is 15.9 Å². The van der Waals surface area contributed by atoms with E-state index in [4.69, 9.17) is 9.47 Å². The molecule has 156 valence electrons. The maximum absolute atomic E-state index is 12.1. The van der Waals surface area contributed by atoms with E-state index < -0.39 is 17.9 Å². The summed E-state index contributed by atoms with van der Waals surface area (Å²) in [4.78, 5) is 24.1. The Morgan fingerprint density at radius 2 is 1.72 bits per heavy atom. The normalized spacial score (nSPS) is 11.7. The molecule has 0 saturated heterocycles. The average Bonchev–Trinajstić information content (AvgIpc) is 2.71. The molecule has 0 heterocycles. The lowest BCUT2D eigenvalue weighted by atomic mass is 10.0. The van der Waals surface area contributed by atoms with Crippen molar-refractivity contribution in [2.45, 2.75) is 46.1 Å². The summed E-state index contributed by atoms with van der Waals surface area (Å²) >= 11 is 3.44. The second-order valence-corrected chi connectivity index (χ2v) is 7.78. The fourth-order valence-corrected chi connectivity index (χ4v) is 2.98. The number of ether oxygens (including phenoxy) is 2. The summed E-state index contributed by atoms with van der Waals surface area (Å²) < 4.78 is 11.9. The van der Waals surface area contributed by atoms with Crippen LogP contribution in [0, 0.1) is 0 Å². The van der Waals surface area contributed by atoms with Gasteiger partial charge in [0.15, 0.2) is 12.7 Å². The highest BCUT2D eigenvalue weighted by molar-refractivity contribution is 9.10. The maximum atomic E-state index is 12.1. The molecular formula is C22H27BrN2O4. The molecule has 0 aromatic heterocycles. The molecule has 2 N–H and O–H groups in total. The van der Waals surface area contributed by atoms with Crippen molar-refractivity contribution in [2.75, 3.05) is 6.61 Å². The Morgan fingerprint density at radius 1 is 1.03 bits per heavy atom. The minimum Gasteiger partial charge on any atom is -0.483 e. The van der Waals surface area contributed by atoms with Gasteiger partial charge in [0.05, 0.1) is 4.47 Å². The number of hydrogen-bond donors (Lipinski definition) is 2. The third kappa shape index (κ3) is 7.09. The van der Waals surface area contributed by atoms with Crippen molar-refractivity contribution in [3.63, 3.8) is 0 Å². The summed E-state index contributed by atoms with van der Waals surface area (Å²) in [5, 5.41) is 0. The first-order valence-corrected chi connectivity index (χ1v) is 10.4. The van der Waals surface area contributed by atoms with Crippen LogP contribution in [0.1, 0.15) is 44.7 Å². The summed E-state index contributed by atoms with van der Waals surface area (Å²) in [6.45, 7) is 7.65. The minimum absolute atomic E-state index is 0.229. The first-order valence-electron chi connectivity index (χ1n) is 9.56. The number of hydrazine groups is 1. The minimum atomic E-state index is -0.763. The van der Waals surface area contributed by atoms with Gasteiger partial charge in [0.2, 0.25) is 0 Å². The van der Waals surface area contributed by atoms with Crippen LogP contribution in [-0.2, 0) is 16.0 Å². The van der Waals surface area contributed by atoms with Crippen LogP contribution in [0.3, 0.4) is 0 Å². The quantitative estimate of drug-likeness (QED) is 0.578. The van der Waals surface area contributed by atoms with Gasteiger partial charge in [-0.1, -0.05) is 39.0 Å². The van der Waals surface area contributed by atoms with E-state index in [1.54, 1.807) is 6.92 Å². The van der Waals surface area contributed by atoms with Gasteiger partial charge in [0, 0.05) is 0 Å². The number of halogens is 1. The van der Waals surface area contributed by atoms with Gasteiger partial charge in [-0.2, -0.15) is 0 Å². The zero-order valence-electron chi connectivity index (χ0n) is 17.1. The molecule has 0 bridgehead atoms. The second kappa shape index (κ2) is 10.9. The van der Waals surface area contributed by atoms with Crippen molar-refractivity contribution in [1.29, 1.82) is 0 Å². The maximum Gasteiger partial charge on any atom is 0.279 e. The average molecular weight is 463 g/mol. The van der Waals surface area contributed by atoms with Crippen LogP contribution in [0.5, 0.6) is 11.5 Å². The van der Waals surface area contributed by atoms with Crippen molar-refractivity contribution in [2.24, 2.45) is 0 Å². The Balaban J connectivity index is 1.77. The number of carbonyl (C=O) groups excluding carboxylic acids is 2. The zero-order valence-corrected chi connectivity index (χ0v) is 18.7. The lowest BCUT2D eigenvalue weighted by molar-refractivity contribution is -0.133. The molecule has 7 heteroatoms. The number of hydrogen-bond acceptors (Lipinski definition) is 4. The van der Waals surface area contributed by atoms with Gasteiger partial charge in [-0.25, -0.2) is 0 Å². The number of benzene rings is 2. The van der Waals surface area contributed by atoms with E-state index in [0.29, 0.717) is 17.4 Å². The van der Waals surface area contributed by atoms with Crippen molar-refractivity contribution >= 4 is 27.7 Å². The Hall–Kier alpha value is -2.54. The van der Waals surface area contributed by atoms with Crippen molar-refractivity contribution < 1.29 is 19.1 Å². The molecule has 29 heavy (non-hydrogen) atoms. The fraction of sp³-hybridized carbons (Fsp3) is 0.364. The topological polar surface area (TPSA) is 76.7 Å². The van der Waals surface area contributed by atoms with Gasteiger partial charge in [-0.05, 0) is 70.6 Å². The Bertz CT molecular complexity index is 837. The molecule has 0 aliphatic carbocycles. The highest BCUT2D eigenvalue weighted by Crippen LogP contribution is 2.28. The van der Waals surface area contributed by atoms with Gasteiger partial charge < -0.3 is 9.47 Å². The molecule has 6 nitrogen and oxygen atoms in total. The number of amides is 2. The van der Waals surface area contributed by atoms with Gasteiger partial charge >= 0.3 is 0 Å². The van der Waals surface area contributed by atoms with E-state index in [2.05, 4.69) is 47.6 Å². The highest BCUT2D eigenvalue weighted by Gasteiger charge is 2.16. The molecule has 2 aromatic carbocycles. The molecule has 2 amide bonds. The van der Waals surface area contributed by atoms with E-state index >= 15 is 0 Å². The first kappa shape index (κ1) is 22.7. The Morgan fingerprint density at radius 3 is 2.31 bits per heavy atom. The number of nitrogens with one attached hydrogen (secondary N) is 2. The van der Waals surface area contributed by atoms with Crippen molar-refractivity contribution in [3.8, 4) is 11.5 Å². The van der Waals surface area contributed by atoms with Crippen molar-refractivity contribution in [3.05, 3.63) is 58.1 Å². The Labute approximate surface area is 180 Å². The monoisotopic (exact) mass is 462 g/mol. The zero-order chi connectivity index (χ0) is 21.4. The molecule has 2 rings (SSSR count). The third-order valence-electron chi connectivity index (χ3n) is 4.32. The van der Waals surface area contributed by atoms with Crippen molar-refractivity contribution in [1.82, 2.24) is 10.9 Å². The molecule has 1 atom stereocenters. The van der Waals surface area contributed by atoms with Crippen LogP contribution in [-0.4, -0.2) is 24.5 Å². The van der Waals surface area contributed by atoms with Crippen LogP contribution in [0.2, 0.25) is 0 Å². The number of rotatable bonds is 8. The summed E-state index contributed by atoms with van der Waals surface area (Å²) in [5.41, 5.74) is 7.03. The van der Waals surface area contributed by atoms with Crippen LogP contribution in [0.25, 0.3) is 0 Å². The summed E-state index contributed by atoms with van der Waals surface area (Å²) in [5.74, 6) is 0.614. The summed E-state index contributed by atoms with van der Waals surface area (Å²) in [6.07, 6.45) is 0.171. The smallest absolute Gasteiger partial charge is 0.279 e. The molecule has 2 aromatic rings. The van der Waals surface area contributed by atoms with E-state index in [-0.39, 0.29) is 6.61 Å². The van der Waals surface area contributed by atoms with E-state index in [1.165, 1.54) is 11.1 Å². The third-order valence-corrected chi connectivity index (χ3v) is 4.94. The molecule has 0 aliphatic rings. The largest absolute Gasteiger partial charge is 0.483 e. The van der Waals surface area contributed by atoms with Crippen LogP contribution < -0.4 is 20.3 Å². The predicted molar refractivity (Wildman–Crippen MR) is 116 cm³/mol. The SMILES string of the molecule is CCc1ccc(OC(C)C(=O)NNC(=O)COc2ccc(C(C)C)cc2Br)cc1. The lowest BCUT2D eigenvalue weighted by Gasteiger charge is -2.16. The first-order chi connectivity index (χ1) is 13.8. The summed E-state index contributed by atoms with van der Waals surface area (Å²) in [6, 6.07) is 13.3. The van der Waals surface area contributed by atoms with Crippen LogP contribution in [0.15, 0.2) is 46.9 Å². The molecule has 0 saturated carbocycles. The summed E-state index contributed by atoms with van der Waals surface area (Å²) in [7, 11) is 0. The van der Waals surface area contributed by atoms with Gasteiger partial charge in [-0.15, -0.1) is 0 Å². The van der Waals surface area contributed by atoms with Gasteiger partial charge in [0.1, 0.15) is 11.5 Å². The van der Waals surface area contributed by atoms with Crippen LogP contribution in [0.4, 0.5) is 0 Å².